The number of aromatic amines is 1. The van der Waals surface area contributed by atoms with Crippen LogP contribution < -0.4 is 10.6 Å². The maximum Gasteiger partial charge on any atom is 0.251 e. The summed E-state index contributed by atoms with van der Waals surface area (Å²) in [6.07, 6.45) is 3.48. The third-order valence-corrected chi connectivity index (χ3v) is 2.80. The van der Waals surface area contributed by atoms with Crippen molar-refractivity contribution >= 4 is 11.6 Å². The summed E-state index contributed by atoms with van der Waals surface area (Å²) < 4.78 is 0. The molecule has 5 nitrogen and oxygen atoms in total. The molecule has 0 saturated carbocycles. The van der Waals surface area contributed by atoms with Gasteiger partial charge in [0.2, 0.25) is 0 Å². The molecule has 1 heterocycles. The van der Waals surface area contributed by atoms with E-state index < -0.39 is 0 Å². The minimum Gasteiger partial charge on any atom is -0.388 e. The molecule has 0 spiro atoms. The highest BCUT2D eigenvalue weighted by Crippen LogP contribution is 2.12. The molecule has 0 bridgehead atoms. The van der Waals surface area contributed by atoms with Crippen molar-refractivity contribution < 1.29 is 4.79 Å². The number of rotatable bonds is 4. The molecule has 3 N–H and O–H groups in total. The van der Waals surface area contributed by atoms with Crippen molar-refractivity contribution in [1.82, 2.24) is 15.5 Å². The van der Waals surface area contributed by atoms with E-state index in [1.807, 2.05) is 26.1 Å². The van der Waals surface area contributed by atoms with Crippen LogP contribution >= 0.6 is 0 Å². The summed E-state index contributed by atoms with van der Waals surface area (Å²) in [7, 11) is 1.84. The Hall–Kier alpha value is -2.30. The summed E-state index contributed by atoms with van der Waals surface area (Å²) in [6.45, 7) is 1.92. The van der Waals surface area contributed by atoms with Crippen molar-refractivity contribution in [1.29, 1.82) is 0 Å². The molecule has 5 heteroatoms. The number of H-pyrrole nitrogens is 1. The minimum absolute atomic E-state index is 0.0692. The number of hydrogen-bond donors (Lipinski definition) is 3. The Morgan fingerprint density at radius 3 is 2.61 bits per heavy atom. The van der Waals surface area contributed by atoms with Crippen LogP contribution in [0.3, 0.4) is 0 Å². The van der Waals surface area contributed by atoms with Crippen LogP contribution in [0.1, 0.15) is 28.9 Å². The van der Waals surface area contributed by atoms with Crippen molar-refractivity contribution in [2.24, 2.45) is 0 Å². The van der Waals surface area contributed by atoms with Gasteiger partial charge in [0.25, 0.3) is 5.91 Å². The van der Waals surface area contributed by atoms with Gasteiger partial charge < -0.3 is 10.6 Å². The van der Waals surface area contributed by atoms with Crippen molar-refractivity contribution in [2.75, 3.05) is 12.4 Å². The zero-order valence-corrected chi connectivity index (χ0v) is 10.4. The second-order valence-electron chi connectivity index (χ2n) is 4.05. The van der Waals surface area contributed by atoms with Crippen LogP contribution in [-0.4, -0.2) is 23.2 Å². The molecule has 1 unspecified atom stereocenters. The average Bonchev–Trinajstić information content (AvgIpc) is 2.92. The van der Waals surface area contributed by atoms with Gasteiger partial charge in [-0.15, -0.1) is 0 Å². The highest BCUT2D eigenvalue weighted by atomic mass is 16.1. The predicted octanol–water partition coefficient (Wildman–Crippen LogP) is 1.94. The van der Waals surface area contributed by atoms with Crippen molar-refractivity contribution in [3.63, 3.8) is 0 Å². The average molecular weight is 244 g/mol. The number of nitrogens with one attached hydrogen (secondary N) is 3. The molecule has 0 aliphatic rings. The van der Waals surface area contributed by atoms with E-state index in [1.54, 1.807) is 24.5 Å². The predicted molar refractivity (Wildman–Crippen MR) is 70.5 cm³/mol. The van der Waals surface area contributed by atoms with Crippen LogP contribution in [0, 0.1) is 0 Å². The number of nitrogens with zero attached hydrogens (tertiary/aromatic N) is 1. The maximum absolute atomic E-state index is 12.0. The molecule has 2 aromatic rings. The summed E-state index contributed by atoms with van der Waals surface area (Å²) >= 11 is 0. The van der Waals surface area contributed by atoms with Gasteiger partial charge in [-0.05, 0) is 31.2 Å². The molecule has 0 fully saturated rings. The molecule has 0 aliphatic heterocycles. The van der Waals surface area contributed by atoms with E-state index in [9.17, 15) is 4.79 Å². The van der Waals surface area contributed by atoms with Gasteiger partial charge in [0, 0.05) is 30.1 Å². The Balaban J connectivity index is 2.03. The Labute approximate surface area is 106 Å². The lowest BCUT2D eigenvalue weighted by Crippen LogP contribution is -2.26. The molecular weight excluding hydrogens is 228 g/mol. The number of hydrogen-bond acceptors (Lipinski definition) is 3. The largest absolute Gasteiger partial charge is 0.388 e. The lowest BCUT2D eigenvalue weighted by atomic mass is 10.1. The first-order valence-corrected chi connectivity index (χ1v) is 5.78. The van der Waals surface area contributed by atoms with E-state index in [0.29, 0.717) is 5.56 Å². The minimum atomic E-state index is -0.0913. The Morgan fingerprint density at radius 1 is 1.33 bits per heavy atom. The van der Waals surface area contributed by atoms with Gasteiger partial charge in [0.05, 0.1) is 12.2 Å². The first-order chi connectivity index (χ1) is 8.70. The third kappa shape index (κ3) is 2.68. The number of aromatic nitrogens is 2. The molecule has 18 heavy (non-hydrogen) atoms. The van der Waals surface area contributed by atoms with Gasteiger partial charge in [-0.2, -0.15) is 5.10 Å². The van der Waals surface area contributed by atoms with Crippen LogP contribution in [0.2, 0.25) is 0 Å². The van der Waals surface area contributed by atoms with Gasteiger partial charge >= 0.3 is 0 Å². The van der Waals surface area contributed by atoms with E-state index in [2.05, 4.69) is 20.8 Å². The number of benzene rings is 1. The van der Waals surface area contributed by atoms with E-state index >= 15 is 0 Å². The molecule has 1 atom stereocenters. The van der Waals surface area contributed by atoms with Gasteiger partial charge in [0.15, 0.2) is 0 Å². The van der Waals surface area contributed by atoms with Crippen molar-refractivity contribution in [2.45, 2.75) is 13.0 Å². The number of amides is 1. The summed E-state index contributed by atoms with van der Waals surface area (Å²) in [6, 6.07) is 7.27. The monoisotopic (exact) mass is 244 g/mol. The molecular formula is C13H16N4O. The van der Waals surface area contributed by atoms with Gasteiger partial charge in [-0.3, -0.25) is 9.89 Å². The van der Waals surface area contributed by atoms with Crippen LogP contribution in [-0.2, 0) is 0 Å². The van der Waals surface area contributed by atoms with E-state index in [1.165, 1.54) is 0 Å². The van der Waals surface area contributed by atoms with Crippen LogP contribution in [0.25, 0.3) is 0 Å². The van der Waals surface area contributed by atoms with E-state index in [-0.39, 0.29) is 11.9 Å². The molecule has 1 amide bonds. The molecule has 1 aromatic heterocycles. The van der Waals surface area contributed by atoms with E-state index in [0.717, 1.165) is 11.3 Å². The lowest BCUT2D eigenvalue weighted by Gasteiger charge is -2.12. The van der Waals surface area contributed by atoms with E-state index in [4.69, 9.17) is 0 Å². The fraction of sp³-hybridized carbons (Fsp3) is 0.231. The molecule has 0 radical (unpaired) electrons. The second-order valence-corrected chi connectivity index (χ2v) is 4.05. The number of carbonyl (C=O) groups is 1. The first-order valence-electron chi connectivity index (χ1n) is 5.78. The molecule has 2 rings (SSSR count). The molecule has 0 saturated heterocycles. The third-order valence-electron chi connectivity index (χ3n) is 2.80. The van der Waals surface area contributed by atoms with Gasteiger partial charge in [-0.25, -0.2) is 0 Å². The summed E-state index contributed by atoms with van der Waals surface area (Å²) in [4.78, 5) is 12.0. The summed E-state index contributed by atoms with van der Waals surface area (Å²) in [5.74, 6) is -0.0913. The highest BCUT2D eigenvalue weighted by molar-refractivity contribution is 5.94. The highest BCUT2D eigenvalue weighted by Gasteiger charge is 2.11. The Kier molecular flexibility index (Phi) is 3.62. The zero-order chi connectivity index (χ0) is 13.0. The first kappa shape index (κ1) is 12.2. The topological polar surface area (TPSA) is 69.8 Å². The number of carbonyl (C=O) groups excluding carboxylic acids is 1. The van der Waals surface area contributed by atoms with Gasteiger partial charge in [-0.1, -0.05) is 0 Å². The normalized spacial score (nSPS) is 11.9. The molecule has 1 aromatic carbocycles. The summed E-state index contributed by atoms with van der Waals surface area (Å²) in [5.41, 5.74) is 2.58. The van der Waals surface area contributed by atoms with Gasteiger partial charge in [0.1, 0.15) is 0 Å². The van der Waals surface area contributed by atoms with Crippen LogP contribution in [0.5, 0.6) is 0 Å². The van der Waals surface area contributed by atoms with Crippen molar-refractivity contribution in [3.05, 3.63) is 47.8 Å². The zero-order valence-electron chi connectivity index (χ0n) is 10.4. The molecule has 94 valence electrons. The quantitative estimate of drug-likeness (QED) is 0.769. The summed E-state index contributed by atoms with van der Waals surface area (Å²) in [5, 5.41) is 12.5. The smallest absolute Gasteiger partial charge is 0.251 e. The fourth-order valence-electron chi connectivity index (χ4n) is 1.65. The van der Waals surface area contributed by atoms with Crippen LogP contribution in [0.4, 0.5) is 5.69 Å². The van der Waals surface area contributed by atoms with Crippen molar-refractivity contribution in [3.8, 4) is 0 Å². The fourth-order valence-corrected chi connectivity index (χ4v) is 1.65. The Bertz CT molecular complexity index is 504. The standard InChI is InChI=1S/C13H16N4O/c1-9(11-7-15-16-8-11)17-13(18)10-3-5-12(14-2)6-4-10/h3-9,14H,1-2H3,(H,15,16)(H,17,18). The maximum atomic E-state index is 12.0. The number of anilines is 1. The lowest BCUT2D eigenvalue weighted by molar-refractivity contribution is 0.0940. The SMILES string of the molecule is CNc1ccc(C(=O)NC(C)c2cn[nH]c2)cc1. The second kappa shape index (κ2) is 5.35. The van der Waals surface area contributed by atoms with Crippen LogP contribution in [0.15, 0.2) is 36.7 Å². The Morgan fingerprint density at radius 2 is 2.06 bits per heavy atom. The molecule has 0 aliphatic carbocycles.